The van der Waals surface area contributed by atoms with Crippen molar-refractivity contribution in [2.45, 2.75) is 18.9 Å². The average Bonchev–Trinajstić information content (AvgIpc) is 3.48. The highest BCUT2D eigenvalue weighted by Crippen LogP contribution is 2.43. The van der Waals surface area contributed by atoms with E-state index in [1.807, 2.05) is 53.1 Å². The fourth-order valence-electron chi connectivity index (χ4n) is 5.22. The Kier molecular flexibility index (Phi) is 5.20. The van der Waals surface area contributed by atoms with Crippen LogP contribution in [0.5, 0.6) is 11.5 Å². The second-order valence-electron chi connectivity index (χ2n) is 8.87. The predicted molar refractivity (Wildman–Crippen MR) is 144 cm³/mol. The Morgan fingerprint density at radius 3 is 2.81 bits per heavy atom. The molecule has 0 saturated heterocycles. The molecule has 1 aromatic heterocycles. The minimum absolute atomic E-state index is 0.0807. The van der Waals surface area contributed by atoms with Crippen molar-refractivity contribution in [3.63, 3.8) is 0 Å². The van der Waals surface area contributed by atoms with Gasteiger partial charge in [0, 0.05) is 10.6 Å². The van der Waals surface area contributed by atoms with Gasteiger partial charge in [-0.25, -0.2) is 4.99 Å². The van der Waals surface area contributed by atoms with E-state index in [1.54, 1.807) is 0 Å². The van der Waals surface area contributed by atoms with Gasteiger partial charge >= 0.3 is 0 Å². The van der Waals surface area contributed by atoms with E-state index in [0.717, 1.165) is 45.3 Å². The summed E-state index contributed by atoms with van der Waals surface area (Å²) >= 11 is 11.7. The van der Waals surface area contributed by atoms with Gasteiger partial charge in [0.05, 0.1) is 20.7 Å². The lowest BCUT2D eigenvalue weighted by molar-refractivity contribution is 0.173. The van der Waals surface area contributed by atoms with Gasteiger partial charge < -0.3 is 9.47 Å². The van der Waals surface area contributed by atoms with E-state index in [1.165, 1.54) is 16.9 Å². The molecule has 0 N–H and O–H groups in total. The third-order valence-corrected chi connectivity index (χ3v) is 8.74. The summed E-state index contributed by atoms with van der Waals surface area (Å²) in [6.07, 6.45) is 3.61. The Hall–Kier alpha value is -3.13. The van der Waals surface area contributed by atoms with Gasteiger partial charge in [0.15, 0.2) is 16.3 Å². The summed E-state index contributed by atoms with van der Waals surface area (Å²) in [6.45, 7) is 0.185. The van der Waals surface area contributed by atoms with Crippen molar-refractivity contribution in [2.24, 2.45) is 4.99 Å². The second kappa shape index (κ2) is 8.47. The number of hydrogen-bond acceptors (Lipinski definition) is 5. The van der Waals surface area contributed by atoms with Gasteiger partial charge in [0.25, 0.3) is 5.56 Å². The third-order valence-electron chi connectivity index (χ3n) is 6.82. The van der Waals surface area contributed by atoms with Crippen molar-refractivity contribution in [3.8, 4) is 11.5 Å². The van der Waals surface area contributed by atoms with Crippen LogP contribution in [0.4, 0.5) is 0 Å². The van der Waals surface area contributed by atoms with Crippen molar-refractivity contribution in [1.82, 2.24) is 4.57 Å². The molecule has 0 fully saturated rings. The Bertz CT molecular complexity index is 1790. The van der Waals surface area contributed by atoms with E-state index in [2.05, 4.69) is 34.1 Å². The molecule has 3 aromatic carbocycles. The number of allylic oxidation sites excluding steroid dienone is 1. The molecular weight excluding hydrogens is 560 g/mol. The molecular formula is C28H18BrClN2O3S. The maximum absolute atomic E-state index is 13.9. The van der Waals surface area contributed by atoms with Crippen molar-refractivity contribution < 1.29 is 9.47 Å². The van der Waals surface area contributed by atoms with Crippen LogP contribution >= 0.6 is 38.9 Å². The van der Waals surface area contributed by atoms with Crippen molar-refractivity contribution in [1.29, 1.82) is 0 Å². The summed E-state index contributed by atoms with van der Waals surface area (Å²) in [7, 11) is 0. The Morgan fingerprint density at radius 1 is 1.08 bits per heavy atom. The van der Waals surface area contributed by atoms with Crippen molar-refractivity contribution in [2.75, 3.05) is 6.79 Å². The summed E-state index contributed by atoms with van der Waals surface area (Å²) in [5.41, 5.74) is 6.18. The Morgan fingerprint density at radius 2 is 1.92 bits per heavy atom. The van der Waals surface area contributed by atoms with E-state index in [4.69, 9.17) is 26.1 Å². The van der Waals surface area contributed by atoms with Crippen LogP contribution in [0.2, 0.25) is 5.02 Å². The zero-order valence-electron chi connectivity index (χ0n) is 18.8. The highest BCUT2D eigenvalue weighted by atomic mass is 79.9. The maximum Gasteiger partial charge on any atom is 0.271 e. The molecule has 7 rings (SSSR count). The molecule has 1 atom stereocenters. The van der Waals surface area contributed by atoms with Crippen molar-refractivity contribution >= 4 is 50.6 Å². The van der Waals surface area contributed by atoms with Crippen LogP contribution in [-0.2, 0) is 6.42 Å². The molecule has 8 heteroatoms. The van der Waals surface area contributed by atoms with Crippen molar-refractivity contribution in [3.05, 3.63) is 118 Å². The Labute approximate surface area is 223 Å². The normalized spacial score (nSPS) is 17.9. The molecule has 0 amide bonds. The van der Waals surface area contributed by atoms with Gasteiger partial charge in [-0.3, -0.25) is 9.36 Å². The molecule has 4 aromatic rings. The number of hydrogen-bond donors (Lipinski definition) is 0. The quantitative estimate of drug-likeness (QED) is 0.318. The molecule has 0 spiro atoms. The first-order valence-electron chi connectivity index (χ1n) is 11.5. The van der Waals surface area contributed by atoms with Gasteiger partial charge in [-0.05, 0) is 75.3 Å². The number of ether oxygens (including phenoxy) is 2. The number of fused-ring (bicyclic) bond motifs is 4. The van der Waals surface area contributed by atoms with Crippen LogP contribution in [0.15, 0.2) is 80.5 Å². The Balaban J connectivity index is 1.48. The van der Waals surface area contributed by atoms with Gasteiger partial charge in [-0.1, -0.05) is 65.4 Å². The number of benzene rings is 3. The second-order valence-corrected chi connectivity index (χ2v) is 11.1. The highest BCUT2D eigenvalue weighted by Gasteiger charge is 2.33. The van der Waals surface area contributed by atoms with E-state index < -0.39 is 0 Å². The van der Waals surface area contributed by atoms with E-state index in [9.17, 15) is 4.79 Å². The fourth-order valence-corrected chi connectivity index (χ4v) is 7.03. The molecule has 0 bridgehead atoms. The first kappa shape index (κ1) is 22.1. The minimum Gasteiger partial charge on any atom is -0.454 e. The minimum atomic E-state index is -0.302. The molecule has 3 aliphatic rings. The lowest BCUT2D eigenvalue weighted by Gasteiger charge is -2.31. The summed E-state index contributed by atoms with van der Waals surface area (Å²) in [5.74, 6) is 1.34. The summed E-state index contributed by atoms with van der Waals surface area (Å²) in [6, 6.07) is 19.7. The smallest absolute Gasteiger partial charge is 0.271 e. The fraction of sp³-hybridized carbons (Fsp3) is 0.143. The molecule has 2 aliphatic heterocycles. The number of rotatable bonds is 2. The maximum atomic E-state index is 13.9. The SMILES string of the molecule is O=c1/c(=C/c2cc(Br)c3c(c2)OCO3)sc2n1C(c1ccccc1Cl)C1=C(N=2)c2ccccc2CC1. The van der Waals surface area contributed by atoms with Crippen LogP contribution in [0.1, 0.15) is 34.7 Å². The third kappa shape index (κ3) is 3.41. The zero-order chi connectivity index (χ0) is 24.4. The van der Waals surface area contributed by atoms with Crippen LogP contribution in [0, 0.1) is 0 Å². The molecule has 0 saturated carbocycles. The topological polar surface area (TPSA) is 52.8 Å². The summed E-state index contributed by atoms with van der Waals surface area (Å²) in [5, 5.41) is 0.643. The molecule has 5 nitrogen and oxygen atoms in total. The number of thiazole rings is 1. The zero-order valence-corrected chi connectivity index (χ0v) is 22.0. The molecule has 1 unspecified atom stereocenters. The summed E-state index contributed by atoms with van der Waals surface area (Å²) < 4.78 is 14.3. The molecule has 178 valence electrons. The van der Waals surface area contributed by atoms with Crippen LogP contribution in [0.3, 0.4) is 0 Å². The monoisotopic (exact) mass is 576 g/mol. The van der Waals surface area contributed by atoms with Crippen LogP contribution < -0.4 is 24.4 Å². The first-order chi connectivity index (χ1) is 17.6. The van der Waals surface area contributed by atoms with Crippen LogP contribution in [-0.4, -0.2) is 11.4 Å². The van der Waals surface area contributed by atoms with E-state index in [-0.39, 0.29) is 18.4 Å². The van der Waals surface area contributed by atoms with E-state index >= 15 is 0 Å². The van der Waals surface area contributed by atoms with Crippen LogP contribution in [0.25, 0.3) is 11.8 Å². The summed E-state index contributed by atoms with van der Waals surface area (Å²) in [4.78, 5) is 19.6. The largest absolute Gasteiger partial charge is 0.454 e. The average molecular weight is 578 g/mol. The lowest BCUT2D eigenvalue weighted by Crippen LogP contribution is -2.38. The predicted octanol–water partition coefficient (Wildman–Crippen LogP) is 5.46. The highest BCUT2D eigenvalue weighted by molar-refractivity contribution is 9.10. The number of aryl methyl sites for hydroxylation is 1. The number of aromatic nitrogens is 1. The van der Waals surface area contributed by atoms with E-state index in [0.29, 0.717) is 25.9 Å². The number of nitrogens with zero attached hydrogens (tertiary/aromatic N) is 2. The number of halogens is 2. The first-order valence-corrected chi connectivity index (χ1v) is 13.5. The van der Waals surface area contributed by atoms with Gasteiger partial charge in [-0.2, -0.15) is 0 Å². The molecule has 3 heterocycles. The lowest BCUT2D eigenvalue weighted by atomic mass is 9.83. The van der Waals surface area contributed by atoms with Gasteiger partial charge in [-0.15, -0.1) is 0 Å². The molecule has 1 aliphatic carbocycles. The standard InChI is InChI=1S/C28H18BrClN2O3S/c29-20-11-15(12-22-26(20)35-14-34-22)13-23-27(33)32-25(18-7-3-4-8-21(18)30)19-10-9-16-5-1-2-6-17(16)24(19)31-28(32)36-23/h1-8,11-13,25H,9-10,14H2/b23-13-. The van der Waals surface area contributed by atoms with Gasteiger partial charge in [0.1, 0.15) is 0 Å². The molecule has 36 heavy (non-hydrogen) atoms. The molecule has 0 radical (unpaired) electrons. The van der Waals surface area contributed by atoms with Gasteiger partial charge in [0.2, 0.25) is 6.79 Å².